The summed E-state index contributed by atoms with van der Waals surface area (Å²) in [6.45, 7) is 0. The number of hydrogen-bond donors (Lipinski definition) is 0. The summed E-state index contributed by atoms with van der Waals surface area (Å²) in [5.41, 5.74) is 19.4. The van der Waals surface area contributed by atoms with Gasteiger partial charge in [0.15, 0.2) is 0 Å². The molecule has 1 saturated carbocycles. The Balaban J connectivity index is 1.22. The molecule has 0 atom stereocenters. The molecular weight excluding hydrogens is 806 g/mol. The van der Waals surface area contributed by atoms with Crippen molar-refractivity contribution in [1.29, 1.82) is 0 Å². The van der Waals surface area contributed by atoms with Gasteiger partial charge in [0.2, 0.25) is 0 Å². The summed E-state index contributed by atoms with van der Waals surface area (Å²) in [4.78, 5) is 0. The minimum absolute atomic E-state index is 0.104. The Kier molecular flexibility index (Phi) is 7.72. The van der Waals surface area contributed by atoms with Crippen LogP contribution in [-0.2, 0) is 5.41 Å². The Morgan fingerprint density at radius 1 is 0.351 bits per heavy atom. The van der Waals surface area contributed by atoms with Crippen molar-refractivity contribution in [2.45, 2.75) is 31.1 Å². The van der Waals surface area contributed by atoms with Crippen LogP contribution in [0, 0.1) is 0 Å². The first-order valence-corrected chi connectivity index (χ1v) is 23.5. The Hall–Kier alpha value is -5.41. The zero-order valence-corrected chi connectivity index (χ0v) is 35.8. The van der Waals surface area contributed by atoms with Crippen LogP contribution < -0.4 is 13.2 Å². The van der Waals surface area contributed by atoms with Gasteiger partial charge in [0.25, 0.3) is 0 Å². The Morgan fingerprint density at radius 3 is 1.61 bits per heavy atom. The van der Waals surface area contributed by atoms with E-state index in [1.54, 1.807) is 8.79 Å². The molecule has 0 nitrogen and oxygen atoms in total. The maximum atomic E-state index is 2.54. The molecule has 2 aliphatic carbocycles. The summed E-state index contributed by atoms with van der Waals surface area (Å²) < 4.78 is 4.37. The fourth-order valence-electron chi connectivity index (χ4n) is 11.0. The van der Waals surface area contributed by atoms with Gasteiger partial charge in [-0.2, -0.15) is 0 Å². The number of rotatable bonds is 4. The van der Waals surface area contributed by atoms with Crippen LogP contribution in [0.4, 0.5) is 0 Å². The van der Waals surface area contributed by atoms with Crippen LogP contribution >= 0.6 is 0 Å². The van der Waals surface area contributed by atoms with Gasteiger partial charge >= 0.3 is 333 Å². The molecule has 5 radical (unpaired) electrons. The van der Waals surface area contributed by atoms with Crippen molar-refractivity contribution in [2.24, 2.45) is 0 Å². The summed E-state index contributed by atoms with van der Waals surface area (Å²) in [5.74, 6) is 0. The van der Waals surface area contributed by atoms with Gasteiger partial charge in [0, 0.05) is 0 Å². The molecule has 265 valence electrons. The maximum absolute atomic E-state index is 2.54. The fourth-order valence-corrected chi connectivity index (χ4v) is 14.5. The fraction of sp³-hybridized carbons (Fsp3) is 0.0909. The molecule has 1 aliphatic heterocycles. The zero-order valence-electron chi connectivity index (χ0n) is 31.6. The van der Waals surface area contributed by atoms with Crippen molar-refractivity contribution in [3.05, 3.63) is 187 Å². The third-order valence-corrected chi connectivity index (χ3v) is 17.1. The van der Waals surface area contributed by atoms with E-state index < -0.39 is 0 Å². The first-order chi connectivity index (χ1) is 28.2. The average molecular weight is 843 g/mol. The van der Waals surface area contributed by atoms with Crippen LogP contribution in [0.5, 0.6) is 0 Å². The van der Waals surface area contributed by atoms with E-state index in [-0.39, 0.29) is 20.8 Å². The van der Waals surface area contributed by atoms with Crippen LogP contribution in [-0.4, -0.2) is 31.9 Å². The molecular formula is C55H37Ge2. The first-order valence-electron chi connectivity index (χ1n) is 20.3. The predicted molar refractivity (Wildman–Crippen MR) is 244 cm³/mol. The van der Waals surface area contributed by atoms with Crippen LogP contribution in [0.1, 0.15) is 36.8 Å². The molecule has 1 heterocycles. The predicted octanol–water partition coefficient (Wildman–Crippen LogP) is 11.9. The molecule has 12 rings (SSSR count). The van der Waals surface area contributed by atoms with Gasteiger partial charge in [-0.15, -0.1) is 0 Å². The second-order valence-electron chi connectivity index (χ2n) is 16.1. The van der Waals surface area contributed by atoms with Crippen molar-refractivity contribution in [3.8, 4) is 66.8 Å². The SMILES string of the molecule is [Ge][c]1ccccc1-c1ccccc1-c1cccc2c(-c3cccc4c3-c3ccccc3C43CCCC3)c3cccc(-c4ccc[c]5c4-c4cccc[c]4[Ge]5)c3cc12. The van der Waals surface area contributed by atoms with E-state index in [0.29, 0.717) is 0 Å². The van der Waals surface area contributed by atoms with Gasteiger partial charge in [0.05, 0.1) is 0 Å². The zero-order chi connectivity index (χ0) is 37.7. The van der Waals surface area contributed by atoms with Gasteiger partial charge in [-0.25, -0.2) is 0 Å². The molecule has 1 fully saturated rings. The van der Waals surface area contributed by atoms with E-state index in [9.17, 15) is 0 Å². The van der Waals surface area contributed by atoms with E-state index in [2.05, 4.69) is 192 Å². The molecule has 3 aliphatic rings. The Morgan fingerprint density at radius 2 is 0.860 bits per heavy atom. The number of hydrogen-bond acceptors (Lipinski definition) is 0. The van der Waals surface area contributed by atoms with Gasteiger partial charge in [0.1, 0.15) is 0 Å². The summed E-state index contributed by atoms with van der Waals surface area (Å²) in [7, 11) is 0. The monoisotopic (exact) mass is 845 g/mol. The van der Waals surface area contributed by atoms with Crippen molar-refractivity contribution in [2.75, 3.05) is 0 Å². The summed E-state index contributed by atoms with van der Waals surface area (Å²) in [6.07, 6.45) is 5.03. The molecule has 0 unspecified atom stereocenters. The summed E-state index contributed by atoms with van der Waals surface area (Å²) in [5, 5.41) is 5.25. The molecule has 2 heteroatoms. The van der Waals surface area contributed by atoms with Gasteiger partial charge < -0.3 is 0 Å². The van der Waals surface area contributed by atoms with Gasteiger partial charge in [-0.1, -0.05) is 18.9 Å². The molecule has 1 spiro atoms. The summed E-state index contributed by atoms with van der Waals surface area (Å²) >= 11 is 1.84. The minimum atomic E-state index is -0.388. The quantitative estimate of drug-likeness (QED) is 0.122. The van der Waals surface area contributed by atoms with E-state index >= 15 is 0 Å². The van der Waals surface area contributed by atoms with Crippen molar-refractivity contribution < 1.29 is 0 Å². The van der Waals surface area contributed by atoms with Gasteiger partial charge in [-0.3, -0.25) is 0 Å². The molecule has 0 bridgehead atoms. The Bertz CT molecular complexity index is 3130. The van der Waals surface area contributed by atoms with E-state index in [0.717, 1.165) is 0 Å². The molecule has 0 amide bonds. The van der Waals surface area contributed by atoms with Crippen molar-refractivity contribution >= 4 is 66.7 Å². The second kappa shape index (κ2) is 13.1. The third kappa shape index (κ3) is 4.93. The van der Waals surface area contributed by atoms with E-state index in [1.165, 1.54) is 130 Å². The topological polar surface area (TPSA) is 0 Å². The van der Waals surface area contributed by atoms with E-state index in [4.69, 9.17) is 0 Å². The molecule has 9 aromatic rings. The van der Waals surface area contributed by atoms with E-state index in [1.807, 2.05) is 0 Å². The van der Waals surface area contributed by atoms with Crippen LogP contribution in [0.25, 0.3) is 88.3 Å². The average Bonchev–Trinajstić information content (AvgIpc) is 3.98. The van der Waals surface area contributed by atoms with Crippen molar-refractivity contribution in [3.63, 3.8) is 0 Å². The van der Waals surface area contributed by atoms with Crippen molar-refractivity contribution in [1.82, 2.24) is 0 Å². The molecule has 0 saturated heterocycles. The summed E-state index contributed by atoms with van der Waals surface area (Å²) in [6, 6.07) is 67.4. The number of benzene rings is 9. The molecule has 0 N–H and O–H groups in total. The second-order valence-corrected chi connectivity index (χ2v) is 20.0. The molecule has 0 aromatic heterocycles. The Labute approximate surface area is 349 Å². The van der Waals surface area contributed by atoms with Crippen LogP contribution in [0.15, 0.2) is 176 Å². The first kappa shape index (κ1) is 33.7. The van der Waals surface area contributed by atoms with Gasteiger partial charge in [-0.05, 0) is 0 Å². The third-order valence-electron chi connectivity index (χ3n) is 13.3. The normalized spacial score (nSPS) is 14.5. The number of fused-ring (bicyclic) bond motifs is 10. The molecule has 9 aromatic carbocycles. The molecule has 57 heavy (non-hydrogen) atoms. The van der Waals surface area contributed by atoms with Crippen LogP contribution in [0.2, 0.25) is 0 Å². The standard InChI is InChI=1S/C55H37Ge2/c56-49-28-7-4-17-38(49)35-16-2-1-15-34(35)36-20-11-22-40-45(36)33-46-37(39-24-14-30-51-54(39)43-19-5-8-29-50(43)57-51)21-12-23-41(46)52(40)44-25-13-27-48-53(44)42-18-3-6-26-47(42)55(48)31-9-10-32-55/h1-8,11-30,33H,9-10,31-32H2. The van der Waals surface area contributed by atoms with Crippen LogP contribution in [0.3, 0.4) is 0 Å².